The summed E-state index contributed by atoms with van der Waals surface area (Å²) in [5.74, 6) is 3.06. The Morgan fingerprint density at radius 3 is 2.68 bits per heavy atom. The number of amides is 1. The molecule has 1 aliphatic carbocycles. The lowest BCUT2D eigenvalue weighted by molar-refractivity contribution is -0.134. The lowest BCUT2D eigenvalue weighted by Crippen LogP contribution is -2.36. The van der Waals surface area contributed by atoms with Gasteiger partial charge in [0.1, 0.15) is 5.82 Å². The Hall–Kier alpha value is -1.10. The van der Waals surface area contributed by atoms with Crippen molar-refractivity contribution in [3.05, 3.63) is 22.8 Å². The molecule has 1 aromatic rings. The van der Waals surface area contributed by atoms with E-state index in [1.165, 1.54) is 19.3 Å². The molecule has 0 bridgehead atoms. The molecule has 4 rings (SSSR count). The van der Waals surface area contributed by atoms with E-state index in [1.54, 1.807) is 0 Å². The molecular formula is C17H22BrN3O. The Bertz CT molecular complexity index is 567. The molecule has 0 N–H and O–H groups in total. The summed E-state index contributed by atoms with van der Waals surface area (Å²) >= 11 is 3.56. The van der Waals surface area contributed by atoms with Crippen LogP contribution in [0.25, 0.3) is 0 Å². The van der Waals surface area contributed by atoms with Crippen LogP contribution in [-0.4, -0.2) is 42.0 Å². The fourth-order valence-electron chi connectivity index (χ4n) is 4.44. The van der Waals surface area contributed by atoms with Crippen LogP contribution < -0.4 is 4.90 Å². The number of anilines is 1. The summed E-state index contributed by atoms with van der Waals surface area (Å²) in [7, 11) is 0. The molecule has 0 radical (unpaired) electrons. The van der Waals surface area contributed by atoms with Gasteiger partial charge in [0.15, 0.2) is 0 Å². The van der Waals surface area contributed by atoms with Crippen LogP contribution >= 0.6 is 15.9 Å². The van der Waals surface area contributed by atoms with Crippen molar-refractivity contribution in [3.63, 3.8) is 0 Å². The number of halogens is 1. The number of carbonyl (C=O) groups excluding carboxylic acids is 1. The minimum absolute atomic E-state index is 0.146. The third kappa shape index (κ3) is 2.53. The van der Waals surface area contributed by atoms with Crippen LogP contribution in [-0.2, 0) is 4.79 Å². The highest BCUT2D eigenvalue weighted by Gasteiger charge is 2.41. The average Bonchev–Trinajstić information content (AvgIpc) is 3.22. The van der Waals surface area contributed by atoms with E-state index in [0.29, 0.717) is 5.91 Å². The van der Waals surface area contributed by atoms with Gasteiger partial charge in [0.05, 0.1) is 10.4 Å². The molecule has 3 unspecified atom stereocenters. The number of fused-ring (bicyclic) bond motifs is 1. The number of likely N-dealkylation sites (tertiary alicyclic amines) is 1. The molecule has 3 atom stereocenters. The quantitative estimate of drug-likeness (QED) is 0.810. The maximum atomic E-state index is 12.8. The Balaban J connectivity index is 1.40. The maximum Gasteiger partial charge on any atom is 0.227 e. The van der Waals surface area contributed by atoms with Crippen LogP contribution in [0.1, 0.15) is 25.7 Å². The van der Waals surface area contributed by atoms with Gasteiger partial charge in [-0.15, -0.1) is 0 Å². The van der Waals surface area contributed by atoms with Crippen molar-refractivity contribution in [1.29, 1.82) is 0 Å². The fourth-order valence-corrected chi connectivity index (χ4v) is 4.94. The van der Waals surface area contributed by atoms with E-state index in [1.807, 2.05) is 18.3 Å². The molecule has 1 aromatic heterocycles. The summed E-state index contributed by atoms with van der Waals surface area (Å²) in [6, 6.07) is 3.94. The van der Waals surface area contributed by atoms with E-state index in [2.05, 4.69) is 30.7 Å². The summed E-state index contributed by atoms with van der Waals surface area (Å²) in [6.45, 7) is 3.74. The van der Waals surface area contributed by atoms with E-state index >= 15 is 0 Å². The Labute approximate surface area is 140 Å². The van der Waals surface area contributed by atoms with Gasteiger partial charge in [-0.1, -0.05) is 6.42 Å². The maximum absolute atomic E-state index is 12.8. The highest BCUT2D eigenvalue weighted by atomic mass is 79.9. The fraction of sp³-hybridized carbons (Fsp3) is 0.647. The molecule has 22 heavy (non-hydrogen) atoms. The van der Waals surface area contributed by atoms with Crippen molar-refractivity contribution in [1.82, 2.24) is 9.88 Å². The van der Waals surface area contributed by atoms with Crippen LogP contribution in [0.4, 0.5) is 5.82 Å². The summed E-state index contributed by atoms with van der Waals surface area (Å²) in [5.41, 5.74) is 0. The highest BCUT2D eigenvalue weighted by molar-refractivity contribution is 9.10. The van der Waals surface area contributed by atoms with Gasteiger partial charge in [0.2, 0.25) is 5.91 Å². The zero-order chi connectivity index (χ0) is 15.1. The molecule has 1 amide bonds. The largest absolute Gasteiger partial charge is 0.355 e. The molecule has 3 fully saturated rings. The average molecular weight is 364 g/mol. The first-order valence-corrected chi connectivity index (χ1v) is 9.16. The number of hydrogen-bond acceptors (Lipinski definition) is 3. The Morgan fingerprint density at radius 1 is 1.18 bits per heavy atom. The lowest BCUT2D eigenvalue weighted by atomic mass is 10.0. The molecule has 0 aromatic carbocycles. The first-order chi connectivity index (χ1) is 10.7. The molecule has 1 saturated carbocycles. The zero-order valence-electron chi connectivity index (χ0n) is 12.7. The number of carbonyl (C=O) groups is 1. The summed E-state index contributed by atoms with van der Waals surface area (Å²) < 4.78 is 1.01. The van der Waals surface area contributed by atoms with Crippen molar-refractivity contribution >= 4 is 27.7 Å². The third-order valence-corrected chi connectivity index (χ3v) is 6.23. The SMILES string of the molecule is O=C(C1CCN(c2ncccc2Br)C1)N1CC2CCCC2C1. The van der Waals surface area contributed by atoms with Gasteiger partial charge in [-0.2, -0.15) is 0 Å². The van der Waals surface area contributed by atoms with Crippen LogP contribution in [0.15, 0.2) is 22.8 Å². The van der Waals surface area contributed by atoms with Crippen LogP contribution in [0.5, 0.6) is 0 Å². The second kappa shape index (κ2) is 5.84. The minimum Gasteiger partial charge on any atom is -0.355 e. The summed E-state index contributed by atoms with van der Waals surface area (Å²) in [5, 5.41) is 0. The van der Waals surface area contributed by atoms with Crippen molar-refractivity contribution < 1.29 is 4.79 Å². The van der Waals surface area contributed by atoms with E-state index in [-0.39, 0.29) is 5.92 Å². The first-order valence-electron chi connectivity index (χ1n) is 8.36. The van der Waals surface area contributed by atoms with Crippen LogP contribution in [0.3, 0.4) is 0 Å². The topological polar surface area (TPSA) is 36.4 Å². The number of aromatic nitrogens is 1. The molecule has 0 spiro atoms. The van der Waals surface area contributed by atoms with E-state index < -0.39 is 0 Å². The smallest absolute Gasteiger partial charge is 0.227 e. The second-order valence-corrected chi connectivity index (χ2v) is 7.79. The van der Waals surface area contributed by atoms with Gasteiger partial charge < -0.3 is 9.80 Å². The van der Waals surface area contributed by atoms with Gasteiger partial charge in [-0.05, 0) is 59.2 Å². The number of rotatable bonds is 2. The third-order valence-electron chi connectivity index (χ3n) is 5.61. The molecule has 2 aliphatic heterocycles. The van der Waals surface area contributed by atoms with E-state index in [0.717, 1.165) is 54.7 Å². The molecule has 3 heterocycles. The molecule has 4 nitrogen and oxygen atoms in total. The normalized spacial score (nSPS) is 30.9. The predicted octanol–water partition coefficient (Wildman–Crippen LogP) is 2.93. The molecule has 2 saturated heterocycles. The highest BCUT2D eigenvalue weighted by Crippen LogP contribution is 2.39. The van der Waals surface area contributed by atoms with Crippen LogP contribution in [0.2, 0.25) is 0 Å². The van der Waals surface area contributed by atoms with Gasteiger partial charge >= 0.3 is 0 Å². The monoisotopic (exact) mass is 363 g/mol. The zero-order valence-corrected chi connectivity index (χ0v) is 14.3. The predicted molar refractivity (Wildman–Crippen MR) is 89.7 cm³/mol. The van der Waals surface area contributed by atoms with Gasteiger partial charge in [-0.25, -0.2) is 4.98 Å². The summed E-state index contributed by atoms with van der Waals surface area (Å²) in [4.78, 5) is 21.6. The minimum atomic E-state index is 0.146. The summed E-state index contributed by atoms with van der Waals surface area (Å²) in [6.07, 6.45) is 6.78. The van der Waals surface area contributed by atoms with E-state index in [4.69, 9.17) is 0 Å². The van der Waals surface area contributed by atoms with Gasteiger partial charge in [0.25, 0.3) is 0 Å². The van der Waals surface area contributed by atoms with Crippen molar-refractivity contribution in [2.45, 2.75) is 25.7 Å². The number of nitrogens with zero attached hydrogens (tertiary/aromatic N) is 3. The van der Waals surface area contributed by atoms with Crippen molar-refractivity contribution in [2.75, 3.05) is 31.1 Å². The Kier molecular flexibility index (Phi) is 3.84. The van der Waals surface area contributed by atoms with Crippen LogP contribution in [0, 0.1) is 17.8 Å². The van der Waals surface area contributed by atoms with Gasteiger partial charge in [0, 0.05) is 32.4 Å². The second-order valence-electron chi connectivity index (χ2n) is 6.93. The molecule has 3 aliphatic rings. The number of pyridine rings is 1. The molecule has 118 valence electrons. The lowest BCUT2D eigenvalue weighted by Gasteiger charge is -2.22. The standard InChI is InChI=1S/C17H22BrN3O/c18-15-5-2-7-19-16(15)20-8-6-14(11-20)17(22)21-9-12-3-1-4-13(12)10-21/h2,5,7,12-14H,1,3-4,6,8-11H2. The molecule has 5 heteroatoms. The molecular weight excluding hydrogens is 342 g/mol. The Morgan fingerprint density at radius 2 is 1.95 bits per heavy atom. The van der Waals surface area contributed by atoms with Gasteiger partial charge in [-0.3, -0.25) is 4.79 Å². The van der Waals surface area contributed by atoms with Crippen molar-refractivity contribution in [3.8, 4) is 0 Å². The van der Waals surface area contributed by atoms with E-state index in [9.17, 15) is 4.79 Å². The van der Waals surface area contributed by atoms with Crippen molar-refractivity contribution in [2.24, 2.45) is 17.8 Å². The number of hydrogen-bond donors (Lipinski definition) is 0. The first kappa shape index (κ1) is 14.5.